The third kappa shape index (κ3) is 2.63. The molecule has 2 aliphatic rings. The quantitative estimate of drug-likeness (QED) is 0.729. The number of likely N-dealkylation sites (tertiary alicyclic amines) is 1. The van der Waals surface area contributed by atoms with Crippen molar-refractivity contribution >= 4 is 5.65 Å². The van der Waals surface area contributed by atoms with Gasteiger partial charge in [0.05, 0.1) is 5.69 Å². The van der Waals surface area contributed by atoms with Crippen molar-refractivity contribution in [3.8, 4) is 0 Å². The van der Waals surface area contributed by atoms with Crippen LogP contribution in [0.2, 0.25) is 0 Å². The topological polar surface area (TPSA) is 72.4 Å². The zero-order valence-corrected chi connectivity index (χ0v) is 14.5. The van der Waals surface area contributed by atoms with Crippen LogP contribution in [-0.2, 0) is 19.4 Å². The molecule has 0 spiro atoms. The van der Waals surface area contributed by atoms with E-state index in [0.717, 1.165) is 73.9 Å². The van der Waals surface area contributed by atoms with E-state index in [4.69, 9.17) is 4.52 Å². The summed E-state index contributed by atoms with van der Waals surface area (Å²) in [5.74, 6) is 2.53. The van der Waals surface area contributed by atoms with Crippen molar-refractivity contribution in [1.29, 1.82) is 0 Å². The molecule has 0 N–H and O–H groups in total. The fourth-order valence-electron chi connectivity index (χ4n) is 4.12. The highest BCUT2D eigenvalue weighted by Crippen LogP contribution is 2.30. The molecule has 1 saturated heterocycles. The van der Waals surface area contributed by atoms with Gasteiger partial charge in [0.15, 0.2) is 11.5 Å². The fourth-order valence-corrected chi connectivity index (χ4v) is 4.12. The molecule has 3 aromatic heterocycles. The summed E-state index contributed by atoms with van der Waals surface area (Å²) in [6, 6.07) is 3.96. The largest absolute Gasteiger partial charge is 0.361 e. The molecular weight excluding hydrogens is 316 g/mol. The first-order chi connectivity index (χ1) is 12.3. The number of aryl methyl sites for hydroxylation is 2. The van der Waals surface area contributed by atoms with Crippen molar-refractivity contribution in [2.24, 2.45) is 0 Å². The van der Waals surface area contributed by atoms with Gasteiger partial charge < -0.3 is 4.52 Å². The number of nitrogens with zero attached hydrogens (tertiary/aromatic N) is 6. The predicted octanol–water partition coefficient (Wildman–Crippen LogP) is 2.29. The summed E-state index contributed by atoms with van der Waals surface area (Å²) < 4.78 is 7.40. The summed E-state index contributed by atoms with van der Waals surface area (Å²) in [7, 11) is 0. The van der Waals surface area contributed by atoms with E-state index in [0.29, 0.717) is 5.92 Å². The molecule has 0 aromatic carbocycles. The smallest absolute Gasteiger partial charge is 0.177 e. The summed E-state index contributed by atoms with van der Waals surface area (Å²) >= 11 is 0. The summed E-state index contributed by atoms with van der Waals surface area (Å²) in [5.41, 5.74) is 4.34. The van der Waals surface area contributed by atoms with Gasteiger partial charge >= 0.3 is 0 Å². The number of hydrogen-bond donors (Lipinski definition) is 0. The summed E-state index contributed by atoms with van der Waals surface area (Å²) in [5, 5.41) is 17.6. The van der Waals surface area contributed by atoms with Gasteiger partial charge in [-0.05, 0) is 57.8 Å². The standard InChI is InChI=1S/C18H22N6O/c1-12-5-6-17-19-20-18(24(17)21-12)13-7-9-23(10-8-13)11-15-14-3-2-4-16(14)25-22-15/h5-6,13H,2-4,7-11H2,1H3. The van der Waals surface area contributed by atoms with Crippen LogP contribution in [0.5, 0.6) is 0 Å². The lowest BCUT2D eigenvalue weighted by atomic mass is 9.96. The van der Waals surface area contributed by atoms with E-state index >= 15 is 0 Å². The molecule has 5 rings (SSSR count). The lowest BCUT2D eigenvalue weighted by Gasteiger charge is -2.30. The minimum Gasteiger partial charge on any atom is -0.361 e. The van der Waals surface area contributed by atoms with Crippen LogP contribution in [0.25, 0.3) is 5.65 Å². The van der Waals surface area contributed by atoms with Crippen molar-refractivity contribution in [3.63, 3.8) is 0 Å². The van der Waals surface area contributed by atoms with Crippen LogP contribution in [0.15, 0.2) is 16.7 Å². The van der Waals surface area contributed by atoms with Gasteiger partial charge in [-0.15, -0.1) is 10.2 Å². The maximum absolute atomic E-state index is 5.48. The third-order valence-corrected chi connectivity index (χ3v) is 5.53. The molecule has 3 aromatic rings. The Balaban J connectivity index is 1.28. The number of aromatic nitrogens is 5. The van der Waals surface area contributed by atoms with E-state index in [1.54, 1.807) is 0 Å². The minimum absolute atomic E-state index is 0.420. The van der Waals surface area contributed by atoms with E-state index in [1.165, 1.54) is 12.0 Å². The summed E-state index contributed by atoms with van der Waals surface area (Å²) in [6.45, 7) is 5.01. The highest BCUT2D eigenvalue weighted by Gasteiger charge is 2.27. The lowest BCUT2D eigenvalue weighted by molar-refractivity contribution is 0.195. The SMILES string of the molecule is Cc1ccc2nnc(C3CCN(Cc4noc5c4CCC5)CC3)n2n1. The van der Waals surface area contributed by atoms with Crippen molar-refractivity contribution in [2.45, 2.75) is 51.5 Å². The maximum Gasteiger partial charge on any atom is 0.177 e. The van der Waals surface area contributed by atoms with Gasteiger partial charge in [-0.2, -0.15) is 9.61 Å². The minimum atomic E-state index is 0.420. The highest BCUT2D eigenvalue weighted by molar-refractivity contribution is 5.36. The molecule has 0 amide bonds. The van der Waals surface area contributed by atoms with E-state index in [-0.39, 0.29) is 0 Å². The van der Waals surface area contributed by atoms with Crippen molar-refractivity contribution in [3.05, 3.63) is 40.7 Å². The third-order valence-electron chi connectivity index (χ3n) is 5.53. The molecule has 130 valence electrons. The molecular formula is C18H22N6O. The second-order valence-corrected chi connectivity index (χ2v) is 7.24. The van der Waals surface area contributed by atoms with Crippen LogP contribution in [0.4, 0.5) is 0 Å². The first kappa shape index (κ1) is 15.0. The Hall–Kier alpha value is -2.28. The monoisotopic (exact) mass is 338 g/mol. The lowest BCUT2D eigenvalue weighted by Crippen LogP contribution is -2.33. The van der Waals surface area contributed by atoms with Gasteiger partial charge in [0, 0.05) is 24.4 Å². The van der Waals surface area contributed by atoms with Crippen LogP contribution in [0, 0.1) is 6.92 Å². The molecule has 0 bridgehead atoms. The zero-order chi connectivity index (χ0) is 16.8. The Kier molecular flexibility index (Phi) is 3.55. The first-order valence-corrected chi connectivity index (χ1v) is 9.15. The number of hydrogen-bond acceptors (Lipinski definition) is 6. The number of fused-ring (bicyclic) bond motifs is 2. The Morgan fingerprint density at radius 3 is 2.92 bits per heavy atom. The Morgan fingerprint density at radius 2 is 2.04 bits per heavy atom. The van der Waals surface area contributed by atoms with Crippen molar-refractivity contribution < 1.29 is 4.52 Å². The second-order valence-electron chi connectivity index (χ2n) is 7.24. The van der Waals surface area contributed by atoms with Crippen molar-refractivity contribution in [2.75, 3.05) is 13.1 Å². The van der Waals surface area contributed by atoms with Gasteiger partial charge in [0.2, 0.25) is 0 Å². The molecule has 7 heteroatoms. The average Bonchev–Trinajstić information content (AvgIpc) is 3.32. The normalized spacial score (nSPS) is 18.9. The van der Waals surface area contributed by atoms with Gasteiger partial charge in [0.25, 0.3) is 0 Å². The maximum atomic E-state index is 5.48. The van der Waals surface area contributed by atoms with Crippen LogP contribution in [0.1, 0.15) is 53.7 Å². The van der Waals surface area contributed by atoms with E-state index < -0.39 is 0 Å². The van der Waals surface area contributed by atoms with Gasteiger partial charge in [0.1, 0.15) is 11.5 Å². The summed E-state index contributed by atoms with van der Waals surface area (Å²) in [6.07, 6.45) is 5.54. The predicted molar refractivity (Wildman–Crippen MR) is 91.3 cm³/mol. The molecule has 0 atom stereocenters. The van der Waals surface area contributed by atoms with E-state index in [1.807, 2.05) is 23.6 Å². The molecule has 0 radical (unpaired) electrons. The van der Waals surface area contributed by atoms with Crippen LogP contribution in [-0.4, -0.2) is 43.0 Å². The van der Waals surface area contributed by atoms with Gasteiger partial charge in [-0.3, -0.25) is 4.90 Å². The molecule has 0 saturated carbocycles. The van der Waals surface area contributed by atoms with Crippen LogP contribution < -0.4 is 0 Å². The molecule has 7 nitrogen and oxygen atoms in total. The zero-order valence-electron chi connectivity index (χ0n) is 14.5. The Labute approximate surface area is 146 Å². The molecule has 0 unspecified atom stereocenters. The van der Waals surface area contributed by atoms with Gasteiger partial charge in [-0.1, -0.05) is 5.16 Å². The average molecular weight is 338 g/mol. The summed E-state index contributed by atoms with van der Waals surface area (Å²) in [4.78, 5) is 2.48. The van der Waals surface area contributed by atoms with E-state index in [2.05, 4.69) is 25.4 Å². The first-order valence-electron chi connectivity index (χ1n) is 9.15. The molecule has 1 aliphatic heterocycles. The molecule has 25 heavy (non-hydrogen) atoms. The van der Waals surface area contributed by atoms with Crippen LogP contribution in [0.3, 0.4) is 0 Å². The molecule has 1 aliphatic carbocycles. The number of rotatable bonds is 3. The van der Waals surface area contributed by atoms with Gasteiger partial charge in [-0.25, -0.2) is 0 Å². The Bertz CT molecular complexity index is 906. The van der Waals surface area contributed by atoms with Crippen molar-refractivity contribution in [1.82, 2.24) is 29.9 Å². The Morgan fingerprint density at radius 1 is 1.16 bits per heavy atom. The molecule has 1 fully saturated rings. The van der Waals surface area contributed by atoms with E-state index in [9.17, 15) is 0 Å². The van der Waals surface area contributed by atoms with Crippen LogP contribution >= 0.6 is 0 Å². The fraction of sp³-hybridized carbons (Fsp3) is 0.556. The number of piperidine rings is 1. The second kappa shape index (κ2) is 5.91. The highest BCUT2D eigenvalue weighted by atomic mass is 16.5. The molecule has 4 heterocycles.